The number of hydrogen-bond donors (Lipinski definition) is 2. The molecule has 3 N–H and O–H groups in total. The van der Waals surface area contributed by atoms with Crippen molar-refractivity contribution in [1.82, 2.24) is 5.43 Å². The van der Waals surface area contributed by atoms with Crippen molar-refractivity contribution < 1.29 is 4.74 Å². The van der Waals surface area contributed by atoms with Crippen molar-refractivity contribution >= 4 is 15.9 Å². The predicted molar refractivity (Wildman–Crippen MR) is 90.4 cm³/mol. The molecular formula is C17H21BrN2O. The minimum absolute atomic E-state index is 0.152. The van der Waals surface area contributed by atoms with E-state index in [-0.39, 0.29) is 6.04 Å². The van der Waals surface area contributed by atoms with E-state index in [1.54, 1.807) is 7.11 Å². The van der Waals surface area contributed by atoms with E-state index in [1.807, 2.05) is 18.2 Å². The van der Waals surface area contributed by atoms with Crippen LogP contribution in [0.25, 0.3) is 0 Å². The molecular weight excluding hydrogens is 328 g/mol. The minimum Gasteiger partial charge on any atom is -0.496 e. The summed E-state index contributed by atoms with van der Waals surface area (Å²) < 4.78 is 6.55. The summed E-state index contributed by atoms with van der Waals surface area (Å²) in [5, 5.41) is 0. The monoisotopic (exact) mass is 348 g/mol. The lowest BCUT2D eigenvalue weighted by atomic mass is 9.98. The van der Waals surface area contributed by atoms with Gasteiger partial charge in [-0.25, -0.2) is 0 Å². The maximum absolute atomic E-state index is 5.74. The Hall–Kier alpha value is -1.36. The van der Waals surface area contributed by atoms with E-state index >= 15 is 0 Å². The fourth-order valence-electron chi connectivity index (χ4n) is 2.45. The van der Waals surface area contributed by atoms with Crippen LogP contribution in [0.2, 0.25) is 0 Å². The zero-order valence-electron chi connectivity index (χ0n) is 12.4. The Balaban J connectivity index is 2.16. The first-order valence-electron chi connectivity index (χ1n) is 6.97. The molecule has 0 aliphatic rings. The number of ether oxygens (including phenoxy) is 1. The van der Waals surface area contributed by atoms with Gasteiger partial charge in [0.2, 0.25) is 0 Å². The number of nitrogens with two attached hydrogens (primary N) is 1. The van der Waals surface area contributed by atoms with Crippen LogP contribution in [0.1, 0.15) is 16.7 Å². The molecule has 0 fully saturated rings. The summed E-state index contributed by atoms with van der Waals surface area (Å²) in [6.07, 6.45) is 1.68. The Morgan fingerprint density at radius 2 is 1.86 bits per heavy atom. The van der Waals surface area contributed by atoms with Gasteiger partial charge in [-0.1, -0.05) is 51.8 Å². The summed E-state index contributed by atoms with van der Waals surface area (Å²) in [5.41, 5.74) is 6.56. The first-order valence-corrected chi connectivity index (χ1v) is 7.76. The average Bonchev–Trinajstić information content (AvgIpc) is 2.49. The molecule has 2 aromatic rings. The van der Waals surface area contributed by atoms with E-state index in [0.29, 0.717) is 0 Å². The molecule has 0 bridgehead atoms. The molecule has 1 unspecified atom stereocenters. The molecule has 2 aromatic carbocycles. The van der Waals surface area contributed by atoms with Crippen LogP contribution in [-0.2, 0) is 12.8 Å². The van der Waals surface area contributed by atoms with Crippen LogP contribution in [0.15, 0.2) is 46.9 Å². The zero-order valence-corrected chi connectivity index (χ0v) is 14.0. The van der Waals surface area contributed by atoms with E-state index in [0.717, 1.165) is 23.1 Å². The predicted octanol–water partition coefficient (Wildman–Crippen LogP) is 3.38. The van der Waals surface area contributed by atoms with Crippen LogP contribution >= 0.6 is 15.9 Å². The summed E-state index contributed by atoms with van der Waals surface area (Å²) in [6.45, 7) is 2.08. The Morgan fingerprint density at radius 3 is 2.52 bits per heavy atom. The summed E-state index contributed by atoms with van der Waals surface area (Å²) in [4.78, 5) is 0. The normalized spacial score (nSPS) is 12.2. The third-order valence-corrected chi connectivity index (χ3v) is 4.34. The number of halogens is 1. The van der Waals surface area contributed by atoms with Crippen LogP contribution in [0.3, 0.4) is 0 Å². The second-order valence-electron chi connectivity index (χ2n) is 5.18. The van der Waals surface area contributed by atoms with Gasteiger partial charge in [-0.3, -0.25) is 11.3 Å². The highest BCUT2D eigenvalue weighted by atomic mass is 79.9. The Labute approximate surface area is 134 Å². The van der Waals surface area contributed by atoms with Gasteiger partial charge < -0.3 is 4.74 Å². The molecule has 0 spiro atoms. The molecule has 4 heteroatoms. The second-order valence-corrected chi connectivity index (χ2v) is 6.03. The van der Waals surface area contributed by atoms with Crippen LogP contribution in [0, 0.1) is 6.92 Å². The van der Waals surface area contributed by atoms with Crippen molar-refractivity contribution in [2.24, 2.45) is 5.84 Å². The number of hydrazine groups is 1. The summed E-state index contributed by atoms with van der Waals surface area (Å²) >= 11 is 3.59. The van der Waals surface area contributed by atoms with Crippen molar-refractivity contribution in [3.63, 3.8) is 0 Å². The highest BCUT2D eigenvalue weighted by Gasteiger charge is 2.13. The summed E-state index contributed by atoms with van der Waals surface area (Å²) in [5.74, 6) is 6.65. The molecule has 0 saturated heterocycles. The fraction of sp³-hybridized carbons (Fsp3) is 0.294. The van der Waals surface area contributed by atoms with E-state index in [4.69, 9.17) is 10.6 Å². The van der Waals surface area contributed by atoms with Crippen molar-refractivity contribution in [3.05, 3.63) is 63.6 Å². The number of rotatable bonds is 6. The first-order chi connectivity index (χ1) is 10.1. The largest absolute Gasteiger partial charge is 0.496 e. The van der Waals surface area contributed by atoms with E-state index in [1.165, 1.54) is 16.7 Å². The number of methoxy groups -OCH3 is 1. The molecule has 1 atom stereocenters. The maximum Gasteiger partial charge on any atom is 0.122 e. The van der Waals surface area contributed by atoms with Crippen molar-refractivity contribution in [3.8, 4) is 5.75 Å². The third kappa shape index (κ3) is 4.30. The Bertz CT molecular complexity index is 601. The smallest absolute Gasteiger partial charge is 0.122 e. The van der Waals surface area contributed by atoms with Crippen molar-refractivity contribution in [1.29, 1.82) is 0 Å². The zero-order chi connectivity index (χ0) is 15.2. The highest BCUT2D eigenvalue weighted by molar-refractivity contribution is 9.10. The van der Waals surface area contributed by atoms with Gasteiger partial charge >= 0.3 is 0 Å². The molecule has 21 heavy (non-hydrogen) atoms. The lowest BCUT2D eigenvalue weighted by molar-refractivity contribution is 0.404. The Morgan fingerprint density at radius 1 is 1.14 bits per heavy atom. The molecule has 3 nitrogen and oxygen atoms in total. The van der Waals surface area contributed by atoms with Gasteiger partial charge in [-0.2, -0.15) is 0 Å². The Kier molecular flexibility index (Phi) is 5.79. The van der Waals surface area contributed by atoms with Gasteiger partial charge in [-0.15, -0.1) is 0 Å². The molecule has 2 rings (SSSR count). The fourth-order valence-corrected chi connectivity index (χ4v) is 2.90. The molecule has 0 heterocycles. The maximum atomic E-state index is 5.74. The van der Waals surface area contributed by atoms with E-state index < -0.39 is 0 Å². The molecule has 0 aliphatic heterocycles. The van der Waals surface area contributed by atoms with Gasteiger partial charge in [0.1, 0.15) is 5.75 Å². The minimum atomic E-state index is 0.152. The van der Waals surface area contributed by atoms with Gasteiger partial charge in [0, 0.05) is 10.5 Å². The number of hydrogen-bond acceptors (Lipinski definition) is 3. The van der Waals surface area contributed by atoms with Gasteiger partial charge in [-0.05, 0) is 43.0 Å². The third-order valence-electron chi connectivity index (χ3n) is 3.56. The first kappa shape index (κ1) is 16.0. The van der Waals surface area contributed by atoms with E-state index in [9.17, 15) is 0 Å². The molecule has 0 saturated carbocycles. The van der Waals surface area contributed by atoms with Gasteiger partial charge in [0.05, 0.1) is 7.11 Å². The number of aryl methyl sites for hydroxylation is 1. The highest BCUT2D eigenvalue weighted by Crippen LogP contribution is 2.23. The van der Waals surface area contributed by atoms with Crippen molar-refractivity contribution in [2.45, 2.75) is 25.8 Å². The SMILES string of the molecule is COc1ccc(C)cc1CC(Cc1ccccc1Br)NN. The molecule has 0 aromatic heterocycles. The van der Waals surface area contributed by atoms with Gasteiger partial charge in [0.25, 0.3) is 0 Å². The van der Waals surface area contributed by atoms with Crippen LogP contribution in [0.4, 0.5) is 0 Å². The molecule has 0 amide bonds. The van der Waals surface area contributed by atoms with Crippen LogP contribution < -0.4 is 16.0 Å². The molecule has 0 aliphatic carbocycles. The van der Waals surface area contributed by atoms with Crippen LogP contribution in [-0.4, -0.2) is 13.2 Å². The number of nitrogens with one attached hydrogen (secondary N) is 1. The average molecular weight is 349 g/mol. The number of benzene rings is 2. The van der Waals surface area contributed by atoms with Crippen LogP contribution in [0.5, 0.6) is 5.75 Å². The second kappa shape index (κ2) is 7.59. The summed E-state index contributed by atoms with van der Waals surface area (Å²) in [6, 6.07) is 14.6. The van der Waals surface area contributed by atoms with Crippen molar-refractivity contribution in [2.75, 3.05) is 7.11 Å². The summed E-state index contributed by atoms with van der Waals surface area (Å²) in [7, 11) is 1.70. The standard InChI is InChI=1S/C17H21BrN2O/c1-12-7-8-17(21-2)14(9-12)11-15(20-19)10-13-5-3-4-6-16(13)18/h3-9,15,20H,10-11,19H2,1-2H3. The lowest BCUT2D eigenvalue weighted by Gasteiger charge is -2.19. The molecule has 0 radical (unpaired) electrons. The van der Waals surface area contributed by atoms with Gasteiger partial charge in [0.15, 0.2) is 0 Å². The van der Waals surface area contributed by atoms with E-state index in [2.05, 4.69) is 52.5 Å². The quantitative estimate of drug-likeness (QED) is 0.621. The topological polar surface area (TPSA) is 47.3 Å². The molecule has 112 valence electrons. The lowest BCUT2D eigenvalue weighted by Crippen LogP contribution is -2.38.